The lowest BCUT2D eigenvalue weighted by atomic mass is 9.83. The molecule has 620 valence electrons. The second-order valence-corrected chi connectivity index (χ2v) is 31.7. The van der Waals surface area contributed by atoms with E-state index in [0.717, 1.165) is 43.9 Å². The Labute approximate surface area is 670 Å². The number of halogens is 2. The number of aliphatic carboxylic acids is 1. The van der Waals surface area contributed by atoms with E-state index in [9.17, 15) is 65.4 Å². The third kappa shape index (κ3) is 20.2. The second-order valence-electron chi connectivity index (χ2n) is 30.9. The summed E-state index contributed by atoms with van der Waals surface area (Å²) >= 11 is 14.4. The first-order valence-electron chi connectivity index (χ1n) is 38.7. The number of carboxylic acid groups (broad SMARTS) is 1. The van der Waals surface area contributed by atoms with E-state index in [1.165, 1.54) is 87.2 Å². The summed E-state index contributed by atoms with van der Waals surface area (Å²) in [6.45, 7) is 16.9. The van der Waals surface area contributed by atoms with E-state index in [1.807, 2.05) is 13.8 Å². The van der Waals surface area contributed by atoms with Crippen molar-refractivity contribution in [2.75, 3.05) is 19.8 Å². The number of carbonyl (C=O) groups excluding carboxylic acids is 6. The van der Waals surface area contributed by atoms with E-state index in [-0.39, 0.29) is 79.5 Å². The minimum atomic E-state index is -2.19. The van der Waals surface area contributed by atoms with Gasteiger partial charge in [0, 0.05) is 59.6 Å². The summed E-state index contributed by atoms with van der Waals surface area (Å²) in [7, 11) is 0. The summed E-state index contributed by atoms with van der Waals surface area (Å²) < 4.78 is 39.9. The fourth-order valence-corrected chi connectivity index (χ4v) is 15.8. The number of unbranched alkanes of at least 4 members (excludes halogenated alkanes) is 7. The zero-order valence-electron chi connectivity index (χ0n) is 64.7. The molecule has 7 heterocycles. The van der Waals surface area contributed by atoms with Gasteiger partial charge < -0.3 is 112 Å². The molecule has 5 aromatic rings. The summed E-state index contributed by atoms with van der Waals surface area (Å²) in [5.41, 5.74) is 2.78. The van der Waals surface area contributed by atoms with Gasteiger partial charge in [-0.2, -0.15) is 0 Å². The molecule has 7 aliphatic rings. The van der Waals surface area contributed by atoms with E-state index >= 15 is 19.2 Å². The van der Waals surface area contributed by atoms with Crippen LogP contribution in [0.5, 0.6) is 46.0 Å². The number of nitrogens with one attached hydrogen (secondary N) is 6. The van der Waals surface area contributed by atoms with Crippen molar-refractivity contribution < 1.29 is 113 Å². The van der Waals surface area contributed by atoms with Crippen LogP contribution in [0.3, 0.4) is 0 Å². The van der Waals surface area contributed by atoms with Crippen LogP contribution in [0, 0.1) is 24.7 Å². The predicted octanol–water partition coefficient (Wildman–Crippen LogP) is 8.13. The summed E-state index contributed by atoms with van der Waals surface area (Å²) in [5.74, 6) is -16.0. The van der Waals surface area contributed by atoms with Crippen molar-refractivity contribution in [1.29, 1.82) is 0 Å². The monoisotopic (exact) mass is 1630 g/mol. The lowest BCUT2D eigenvalue weighted by Crippen LogP contribution is -2.66. The van der Waals surface area contributed by atoms with Crippen LogP contribution in [0.15, 0.2) is 84.9 Å². The molecule has 18 N–H and O–H groups in total. The van der Waals surface area contributed by atoms with Gasteiger partial charge in [0.1, 0.15) is 71.4 Å². The first kappa shape index (κ1) is 87.7. The van der Waals surface area contributed by atoms with Crippen LogP contribution in [0.2, 0.25) is 10.0 Å². The number of nitrogens with two attached hydrogens (primary N) is 1. The standard InChI is InChI=1S/C82H105Cl2N7O23/c1-9-11-12-13-14-15-16-17-24-86-37-87-82(8)35-62(109-41(7)75(82)102)113-74-72(101)71(100)60(36-92)112-81(74)114-73-58-31-46-32-59(73)111-57-23-20-45(29-52(57)84)70(99)67-79(106)89-65(80(107)108)50-34-54(94)40(6)68(97)63(50)49-27-43(18-21-53(49)93)48(78(105)91-67)26-39(5)64(46)88-77(104)47(33-61(85)96)30-55(95)66(90-76(103)42(10-2)25-38(3)4)69(98)44-19-22-56(110-58)51(83)28-44/h18-23,27-29,31-32,34,38,41-42,47-48,60,62,64-67,69-72,74-75,81,86-87,92-94,97-102H,5,9-17,24-26,30,33,35-37H2,1-4,6-8H3,(H2,85,96)(H,88,104)(H,89,106)(H,90,103)(H,91,105)(H,107,108). The van der Waals surface area contributed by atoms with Crippen molar-refractivity contribution in [3.05, 3.63) is 128 Å². The maximum Gasteiger partial charge on any atom is 0.330 e. The number of aromatic hydroxyl groups is 3. The molecular formula is C82H105Cl2N7O23. The van der Waals surface area contributed by atoms with Gasteiger partial charge in [0.15, 0.2) is 35.7 Å². The second kappa shape index (κ2) is 38.4. The van der Waals surface area contributed by atoms with E-state index < -0.39 is 222 Å². The average Bonchev–Trinajstić information content (AvgIpc) is 0.761. The van der Waals surface area contributed by atoms with Gasteiger partial charge in [-0.05, 0) is 141 Å². The Hall–Kier alpha value is -8.73. The molecule has 32 heteroatoms. The number of hydrogen-bond donors (Lipinski definition) is 17. The number of aliphatic hydroxyl groups excluding tert-OH is 6. The van der Waals surface area contributed by atoms with E-state index in [0.29, 0.717) is 19.4 Å². The fourth-order valence-electron chi connectivity index (χ4n) is 15.4. The summed E-state index contributed by atoms with van der Waals surface area (Å²) in [5, 5.41) is 134. The summed E-state index contributed by atoms with van der Waals surface area (Å²) in [6, 6.07) is 6.69. The van der Waals surface area contributed by atoms with Gasteiger partial charge in [-0.15, -0.1) is 0 Å². The Balaban J connectivity index is 1.17. The molecule has 114 heavy (non-hydrogen) atoms. The molecule has 2 fully saturated rings. The number of phenols is 3. The SMILES string of the molecule is C=C1CC2C(=O)NC(C(=O)NC(C(=O)O)c3cc(O)c(C)c(O)c3-c3cc2ccc3O)C(O)c2ccc(c(Cl)c2)Oc2cc3cc(c2OC2OC(CO)C(O)C(O)C2OC2CC(C)(NCNCCCCCCCCCC)C(O)C(C)O2)Oc2ccc(cc2Cl)C(O)C(NC(=O)C(CC)CC(C)C)C(=O)CC(CC(N)=O)C(=O)NC13. The van der Waals surface area contributed by atoms with E-state index in [4.69, 9.17) is 57.4 Å². The number of fused-ring (bicyclic) bond motifs is 15. The van der Waals surface area contributed by atoms with Crippen LogP contribution in [-0.2, 0) is 47.8 Å². The number of carboxylic acids is 1. The number of primary amides is 1. The predicted molar refractivity (Wildman–Crippen MR) is 416 cm³/mol. The molecule has 5 amide bonds. The van der Waals surface area contributed by atoms with Gasteiger partial charge in [-0.1, -0.05) is 121 Å². The molecular weight excluding hydrogens is 1520 g/mol. The fraction of sp³-hybridized carbons (Fsp3) is 0.524. The third-order valence-electron chi connectivity index (χ3n) is 22.0. The van der Waals surface area contributed by atoms with Crippen molar-refractivity contribution >= 4 is 64.5 Å². The molecule has 0 aliphatic carbocycles. The Morgan fingerprint density at radius 3 is 1.98 bits per heavy atom. The number of benzene rings is 5. The lowest BCUT2D eigenvalue weighted by molar-refractivity contribution is -0.334. The highest BCUT2D eigenvalue weighted by molar-refractivity contribution is 6.32. The summed E-state index contributed by atoms with van der Waals surface area (Å²) in [6.07, 6.45) is -9.42. The van der Waals surface area contributed by atoms with Gasteiger partial charge in [0.25, 0.3) is 0 Å². The first-order chi connectivity index (χ1) is 54.1. The molecule has 12 rings (SSSR count). The largest absolute Gasteiger partial charge is 0.508 e. The molecule has 0 radical (unpaired) electrons. The van der Waals surface area contributed by atoms with Gasteiger partial charge in [-0.25, -0.2) is 4.79 Å². The number of rotatable bonds is 25. The van der Waals surface area contributed by atoms with E-state index in [1.54, 1.807) is 20.8 Å². The van der Waals surface area contributed by atoms with Crippen molar-refractivity contribution in [3.8, 4) is 57.1 Å². The van der Waals surface area contributed by atoms with Crippen molar-refractivity contribution in [2.24, 2.45) is 23.5 Å². The number of Topliss-reactive ketones (excluding diaryl/α,β-unsaturated/α-hetero) is 1. The zero-order valence-corrected chi connectivity index (χ0v) is 66.2. The molecule has 30 nitrogen and oxygen atoms in total. The van der Waals surface area contributed by atoms with Crippen LogP contribution in [0.4, 0.5) is 0 Å². The van der Waals surface area contributed by atoms with Gasteiger partial charge in [0.2, 0.25) is 41.6 Å². The maximum absolute atomic E-state index is 15.7. The average molecular weight is 1630 g/mol. The zero-order chi connectivity index (χ0) is 82.9. The van der Waals surface area contributed by atoms with Gasteiger partial charge in [0.05, 0.1) is 46.7 Å². The van der Waals surface area contributed by atoms with Gasteiger partial charge in [-0.3, -0.25) is 34.1 Å². The van der Waals surface area contributed by atoms with Crippen LogP contribution >= 0.6 is 23.2 Å². The third-order valence-corrected chi connectivity index (χ3v) is 22.6. The number of aliphatic hydroxyl groups is 6. The molecule has 18 unspecified atom stereocenters. The molecule has 7 aliphatic heterocycles. The first-order valence-corrected chi connectivity index (χ1v) is 39.5. The smallest absolute Gasteiger partial charge is 0.330 e. The van der Waals surface area contributed by atoms with Crippen molar-refractivity contribution in [1.82, 2.24) is 31.9 Å². The number of amides is 5. The molecule has 11 bridgehead atoms. The number of hydrogen-bond acceptors (Lipinski definition) is 24. The van der Waals surface area contributed by atoms with Crippen molar-refractivity contribution in [2.45, 2.75) is 235 Å². The van der Waals surface area contributed by atoms with Crippen molar-refractivity contribution in [3.63, 3.8) is 0 Å². The molecule has 18 atom stereocenters. The normalized spacial score (nSPS) is 27.6. The lowest BCUT2D eigenvalue weighted by Gasteiger charge is -2.48. The highest BCUT2D eigenvalue weighted by atomic mass is 35.5. The quantitative estimate of drug-likeness (QED) is 0.0149. The number of carbonyl (C=O) groups is 7. The molecule has 0 aromatic heterocycles. The Bertz CT molecular complexity index is 4360. The minimum Gasteiger partial charge on any atom is -0.508 e. The summed E-state index contributed by atoms with van der Waals surface area (Å²) in [4.78, 5) is 103. The Morgan fingerprint density at radius 1 is 0.746 bits per heavy atom. The highest BCUT2D eigenvalue weighted by Crippen LogP contribution is 2.52. The van der Waals surface area contributed by atoms with E-state index in [2.05, 4.69) is 45.4 Å². The number of ketones is 1. The highest BCUT2D eigenvalue weighted by Gasteiger charge is 2.52. The number of ether oxygens (including phenoxy) is 6. The molecule has 0 spiro atoms. The molecule has 0 saturated carbocycles. The van der Waals surface area contributed by atoms with Crippen LogP contribution in [0.1, 0.15) is 195 Å². The topological polar surface area (TPSA) is 475 Å². The Kier molecular flexibility index (Phi) is 29.5. The minimum absolute atomic E-state index is 0.00384. The maximum atomic E-state index is 15.7. The van der Waals surface area contributed by atoms with Crippen LogP contribution in [0.25, 0.3) is 11.1 Å². The molecule has 5 aromatic carbocycles. The Morgan fingerprint density at radius 2 is 1.38 bits per heavy atom. The van der Waals surface area contributed by atoms with Crippen LogP contribution < -0.4 is 51.8 Å². The number of phenolic OH excluding ortho intramolecular Hbond substituents is 3. The van der Waals surface area contributed by atoms with Crippen LogP contribution in [-0.4, -0.2) is 179 Å². The van der Waals surface area contributed by atoms with Gasteiger partial charge >= 0.3 is 5.97 Å². The molecule has 2 saturated heterocycles.